The zero-order valence-corrected chi connectivity index (χ0v) is 19.5. The first kappa shape index (κ1) is 26.1. The second-order valence-electron chi connectivity index (χ2n) is 8.78. The molecule has 0 atom stereocenters. The normalized spacial score (nSPS) is 20.5. The number of alkyl halides is 3. The molecule has 1 aliphatic rings. The van der Waals surface area contributed by atoms with Crippen molar-refractivity contribution in [3.8, 4) is 0 Å². The van der Waals surface area contributed by atoms with Gasteiger partial charge in [0.1, 0.15) is 0 Å². The van der Waals surface area contributed by atoms with Crippen LogP contribution >= 0.6 is 0 Å². The Kier molecular flexibility index (Phi) is 9.79. The summed E-state index contributed by atoms with van der Waals surface area (Å²) in [6.07, 6.45) is 1.58. The molecule has 0 saturated heterocycles. The number of benzene rings is 1. The molecule has 0 bridgehead atoms. The smallest absolute Gasteiger partial charge is 0.381 e. The molecule has 9 heteroatoms. The molecular weight excluding hydrogens is 429 g/mol. The van der Waals surface area contributed by atoms with E-state index in [2.05, 4.69) is 19.0 Å². The predicted molar refractivity (Wildman–Crippen MR) is 115 cm³/mol. The molecule has 0 N–H and O–H groups in total. The van der Waals surface area contributed by atoms with E-state index in [-0.39, 0.29) is 10.8 Å². The van der Waals surface area contributed by atoms with Crippen LogP contribution in [0.25, 0.3) is 0 Å². The van der Waals surface area contributed by atoms with E-state index in [1.807, 2.05) is 0 Å². The summed E-state index contributed by atoms with van der Waals surface area (Å²) in [4.78, 5) is 2.05. The monoisotopic (exact) mass is 464 g/mol. The lowest BCUT2D eigenvalue weighted by Crippen LogP contribution is -2.34. The highest BCUT2D eigenvalue weighted by Crippen LogP contribution is 2.32. The minimum Gasteiger partial charge on any atom is -0.381 e. The minimum absolute atomic E-state index is 0.112. The van der Waals surface area contributed by atoms with Gasteiger partial charge in [0.2, 0.25) is 10.0 Å². The molecule has 1 aromatic carbocycles. The molecule has 1 aliphatic carbocycles. The lowest BCUT2D eigenvalue weighted by atomic mass is 9.82. The van der Waals surface area contributed by atoms with Crippen molar-refractivity contribution in [1.82, 2.24) is 9.21 Å². The standard InChI is InChI=1S/C22H35F3N2O3S/c1-26(2)14-4-5-15-30-17-19-8-6-18(7-9-19)16-27(3)31(28,29)21-12-10-20(11-13-21)22(23,24)25/h10-13,18-19H,4-9,14-17H2,1-3H3. The maximum atomic E-state index is 12.7. The lowest BCUT2D eigenvalue weighted by molar-refractivity contribution is -0.137. The van der Waals surface area contributed by atoms with Crippen molar-refractivity contribution in [3.05, 3.63) is 29.8 Å². The van der Waals surface area contributed by atoms with Crippen molar-refractivity contribution in [3.63, 3.8) is 0 Å². The SMILES string of the molecule is CN(C)CCCCOCC1CCC(CN(C)S(=O)(=O)c2ccc(C(F)(F)F)cc2)CC1. The van der Waals surface area contributed by atoms with E-state index in [9.17, 15) is 21.6 Å². The summed E-state index contributed by atoms with van der Waals surface area (Å²) in [6, 6.07) is 3.68. The average molecular weight is 465 g/mol. The Labute approximate surface area is 184 Å². The molecule has 31 heavy (non-hydrogen) atoms. The van der Waals surface area contributed by atoms with Gasteiger partial charge in [-0.15, -0.1) is 0 Å². The third-order valence-corrected chi connectivity index (χ3v) is 7.71. The van der Waals surface area contributed by atoms with Crippen molar-refractivity contribution in [2.75, 3.05) is 47.4 Å². The van der Waals surface area contributed by atoms with E-state index in [0.29, 0.717) is 12.5 Å². The van der Waals surface area contributed by atoms with Crippen LogP contribution in [0.4, 0.5) is 13.2 Å². The first-order chi connectivity index (χ1) is 14.5. The van der Waals surface area contributed by atoms with Crippen LogP contribution in [-0.2, 0) is 20.9 Å². The van der Waals surface area contributed by atoms with Gasteiger partial charge in [-0.3, -0.25) is 0 Å². The highest BCUT2D eigenvalue weighted by atomic mass is 32.2. The summed E-state index contributed by atoms with van der Waals surface area (Å²) < 4.78 is 70.6. The molecule has 0 radical (unpaired) electrons. The predicted octanol–water partition coefficient (Wildman–Crippen LogP) is 4.49. The van der Waals surface area contributed by atoms with Gasteiger partial charge in [-0.2, -0.15) is 13.2 Å². The zero-order valence-electron chi connectivity index (χ0n) is 18.7. The van der Waals surface area contributed by atoms with Crippen LogP contribution < -0.4 is 0 Å². The lowest BCUT2D eigenvalue weighted by Gasteiger charge is -2.31. The largest absolute Gasteiger partial charge is 0.416 e. The Morgan fingerprint density at radius 1 is 0.968 bits per heavy atom. The number of nitrogens with zero attached hydrogens (tertiary/aromatic N) is 2. The number of unbranched alkanes of at least 4 members (excludes halogenated alkanes) is 1. The van der Waals surface area contributed by atoms with Gasteiger partial charge in [0.15, 0.2) is 0 Å². The average Bonchev–Trinajstić information content (AvgIpc) is 2.71. The topological polar surface area (TPSA) is 49.9 Å². The van der Waals surface area contributed by atoms with Crippen molar-refractivity contribution in [2.24, 2.45) is 11.8 Å². The van der Waals surface area contributed by atoms with Gasteiger partial charge < -0.3 is 9.64 Å². The fourth-order valence-electron chi connectivity index (χ4n) is 3.92. The number of halogens is 3. The van der Waals surface area contributed by atoms with E-state index in [1.165, 1.54) is 11.4 Å². The Bertz CT molecular complexity index is 759. The third-order valence-electron chi connectivity index (χ3n) is 5.87. The summed E-state index contributed by atoms with van der Waals surface area (Å²) in [7, 11) is 1.81. The Morgan fingerprint density at radius 3 is 2.10 bits per heavy atom. The van der Waals surface area contributed by atoms with Gasteiger partial charge >= 0.3 is 6.18 Å². The Hall–Kier alpha value is -1.16. The number of sulfonamides is 1. The van der Waals surface area contributed by atoms with Crippen LogP contribution in [0.1, 0.15) is 44.1 Å². The Balaban J connectivity index is 1.75. The molecule has 0 amide bonds. The van der Waals surface area contributed by atoms with Gasteiger partial charge in [0, 0.05) is 26.8 Å². The summed E-state index contributed by atoms with van der Waals surface area (Å²) in [5.41, 5.74) is -0.854. The molecule has 1 aromatic rings. The van der Waals surface area contributed by atoms with Crippen LogP contribution in [-0.4, -0.2) is 65.1 Å². The van der Waals surface area contributed by atoms with Crippen molar-refractivity contribution >= 4 is 10.0 Å². The first-order valence-corrected chi connectivity index (χ1v) is 12.3. The highest BCUT2D eigenvalue weighted by molar-refractivity contribution is 7.89. The first-order valence-electron chi connectivity index (χ1n) is 10.9. The molecular formula is C22H35F3N2O3S. The highest BCUT2D eigenvalue weighted by Gasteiger charge is 2.32. The summed E-state index contributed by atoms with van der Waals surface area (Å²) in [5, 5.41) is 0. The summed E-state index contributed by atoms with van der Waals surface area (Å²) in [5.74, 6) is 0.771. The van der Waals surface area contributed by atoms with Gasteiger partial charge in [-0.25, -0.2) is 12.7 Å². The molecule has 2 rings (SSSR count). The number of hydrogen-bond donors (Lipinski definition) is 0. The summed E-state index contributed by atoms with van der Waals surface area (Å²) in [6.45, 7) is 2.98. The molecule has 0 aliphatic heterocycles. The third kappa shape index (κ3) is 8.36. The molecule has 5 nitrogen and oxygen atoms in total. The van der Waals surface area contributed by atoms with Crippen molar-refractivity contribution in [1.29, 1.82) is 0 Å². The van der Waals surface area contributed by atoms with Crippen molar-refractivity contribution < 1.29 is 26.3 Å². The fraction of sp³-hybridized carbons (Fsp3) is 0.727. The van der Waals surface area contributed by atoms with Crippen LogP contribution in [0, 0.1) is 11.8 Å². The van der Waals surface area contributed by atoms with Crippen LogP contribution in [0.3, 0.4) is 0 Å². The summed E-state index contributed by atoms with van der Waals surface area (Å²) >= 11 is 0. The Morgan fingerprint density at radius 2 is 1.55 bits per heavy atom. The maximum absolute atomic E-state index is 12.7. The maximum Gasteiger partial charge on any atom is 0.416 e. The number of hydrogen-bond acceptors (Lipinski definition) is 4. The molecule has 1 fully saturated rings. The van der Waals surface area contributed by atoms with Gasteiger partial charge in [0.05, 0.1) is 10.5 Å². The van der Waals surface area contributed by atoms with Crippen LogP contribution in [0.15, 0.2) is 29.2 Å². The fourth-order valence-corrected chi connectivity index (χ4v) is 5.17. The van der Waals surface area contributed by atoms with E-state index >= 15 is 0 Å². The van der Waals surface area contributed by atoms with E-state index in [0.717, 1.165) is 82.5 Å². The molecule has 0 aromatic heterocycles. The zero-order chi connectivity index (χ0) is 23.1. The van der Waals surface area contributed by atoms with Gasteiger partial charge in [-0.1, -0.05) is 0 Å². The second kappa shape index (κ2) is 11.6. The molecule has 0 unspecified atom stereocenters. The number of rotatable bonds is 11. The van der Waals surface area contributed by atoms with Crippen molar-refractivity contribution in [2.45, 2.75) is 49.6 Å². The molecule has 178 valence electrons. The number of ether oxygens (including phenoxy) is 1. The van der Waals surface area contributed by atoms with E-state index < -0.39 is 21.8 Å². The van der Waals surface area contributed by atoms with Crippen LogP contribution in [0.5, 0.6) is 0 Å². The molecule has 0 spiro atoms. The molecule has 0 heterocycles. The van der Waals surface area contributed by atoms with Crippen LogP contribution in [0.2, 0.25) is 0 Å². The second-order valence-corrected chi connectivity index (χ2v) is 10.8. The minimum atomic E-state index is -4.48. The van der Waals surface area contributed by atoms with E-state index in [1.54, 1.807) is 0 Å². The van der Waals surface area contributed by atoms with Gasteiger partial charge in [0.25, 0.3) is 0 Å². The van der Waals surface area contributed by atoms with Gasteiger partial charge in [-0.05, 0) is 95.3 Å². The molecule has 1 saturated carbocycles. The van der Waals surface area contributed by atoms with E-state index in [4.69, 9.17) is 4.74 Å². The quantitative estimate of drug-likeness (QED) is 0.453.